The van der Waals surface area contributed by atoms with E-state index in [1.165, 1.54) is 0 Å². The number of carbonyl (C=O) groups is 1. The molecule has 0 aliphatic rings. The van der Waals surface area contributed by atoms with Gasteiger partial charge in [0.25, 0.3) is 6.43 Å². The van der Waals surface area contributed by atoms with Crippen molar-refractivity contribution in [3.63, 3.8) is 0 Å². The maximum Gasteiger partial charge on any atom is 0.310 e. The Hall–Kier alpha value is -1.92. The number of halogens is 2. The Bertz CT molecular complexity index is 423. The first-order valence-corrected chi connectivity index (χ1v) is 4.61. The van der Waals surface area contributed by atoms with Crippen LogP contribution in [0.3, 0.4) is 0 Å². The molecule has 0 radical (unpaired) electrons. The first-order chi connectivity index (χ1) is 8.01. The van der Waals surface area contributed by atoms with E-state index in [2.05, 4.69) is 9.72 Å². The van der Waals surface area contributed by atoms with Gasteiger partial charge in [-0.3, -0.25) is 4.79 Å². The number of carbonyl (C=O) groups excluding carboxylic acids is 1. The largest absolute Gasteiger partial charge is 0.506 e. The van der Waals surface area contributed by atoms with Gasteiger partial charge in [0.15, 0.2) is 5.75 Å². The van der Waals surface area contributed by atoms with Crippen LogP contribution in [0.2, 0.25) is 0 Å². The molecule has 0 aliphatic carbocycles. The molecule has 5 nitrogen and oxygen atoms in total. The molecule has 1 N–H and O–H groups in total. The van der Waals surface area contributed by atoms with Gasteiger partial charge < -0.3 is 14.6 Å². The van der Waals surface area contributed by atoms with Gasteiger partial charge in [0, 0.05) is 0 Å². The molecule has 0 atom stereocenters. The van der Waals surface area contributed by atoms with Crippen LogP contribution in [-0.2, 0) is 16.0 Å². The Labute approximate surface area is 96.0 Å². The number of alkyl halides is 2. The summed E-state index contributed by atoms with van der Waals surface area (Å²) in [6.45, 7) is 0. The molecule has 0 bridgehead atoms. The molecule has 0 fully saturated rings. The molecule has 0 unspecified atom stereocenters. The molecule has 1 heterocycles. The summed E-state index contributed by atoms with van der Waals surface area (Å²) < 4.78 is 34.4. The predicted molar refractivity (Wildman–Crippen MR) is 53.1 cm³/mol. The van der Waals surface area contributed by atoms with Gasteiger partial charge in [-0.1, -0.05) is 0 Å². The monoisotopic (exact) mass is 247 g/mol. The van der Waals surface area contributed by atoms with E-state index < -0.39 is 23.8 Å². The number of methoxy groups -OCH3 is 2. The van der Waals surface area contributed by atoms with E-state index in [1.807, 2.05) is 0 Å². The van der Waals surface area contributed by atoms with E-state index in [9.17, 15) is 18.7 Å². The van der Waals surface area contributed by atoms with Crippen molar-refractivity contribution in [2.24, 2.45) is 0 Å². The highest BCUT2D eigenvalue weighted by Gasteiger charge is 2.23. The minimum absolute atomic E-state index is 0.0651. The highest BCUT2D eigenvalue weighted by molar-refractivity contribution is 5.74. The van der Waals surface area contributed by atoms with Crippen LogP contribution < -0.4 is 4.74 Å². The number of hydrogen-bond donors (Lipinski definition) is 1. The summed E-state index contributed by atoms with van der Waals surface area (Å²) in [5.74, 6) is -1.37. The van der Waals surface area contributed by atoms with E-state index in [0.717, 1.165) is 20.4 Å². The zero-order valence-corrected chi connectivity index (χ0v) is 9.24. The second kappa shape index (κ2) is 5.42. The molecule has 0 saturated heterocycles. The number of esters is 1. The van der Waals surface area contributed by atoms with Gasteiger partial charge in [0.05, 0.1) is 32.4 Å². The fraction of sp³-hybridized carbons (Fsp3) is 0.400. The highest BCUT2D eigenvalue weighted by Crippen LogP contribution is 2.35. The average molecular weight is 247 g/mol. The van der Waals surface area contributed by atoms with Gasteiger partial charge in [0.1, 0.15) is 11.4 Å². The molecule has 0 amide bonds. The zero-order valence-electron chi connectivity index (χ0n) is 9.24. The lowest BCUT2D eigenvalue weighted by molar-refractivity contribution is -0.139. The third kappa shape index (κ3) is 2.80. The van der Waals surface area contributed by atoms with Gasteiger partial charge in [-0.25, -0.2) is 13.8 Å². The maximum atomic E-state index is 12.6. The molecule has 0 aromatic carbocycles. The van der Waals surface area contributed by atoms with Crippen molar-refractivity contribution in [1.82, 2.24) is 4.98 Å². The molecular weight excluding hydrogens is 236 g/mol. The minimum atomic E-state index is -2.86. The third-order valence-corrected chi connectivity index (χ3v) is 2.10. The topological polar surface area (TPSA) is 68.7 Å². The lowest BCUT2D eigenvalue weighted by Gasteiger charge is -2.12. The SMILES string of the molecule is COC(=O)Cc1c(O)cnc(C(F)F)c1OC. The Kier molecular flexibility index (Phi) is 4.19. The first-order valence-electron chi connectivity index (χ1n) is 4.61. The van der Waals surface area contributed by atoms with Gasteiger partial charge in [-0.15, -0.1) is 0 Å². The Morgan fingerprint density at radius 1 is 1.53 bits per heavy atom. The number of nitrogens with zero attached hydrogens (tertiary/aromatic N) is 1. The van der Waals surface area contributed by atoms with E-state index in [4.69, 9.17) is 4.74 Å². The quantitative estimate of drug-likeness (QED) is 0.815. The van der Waals surface area contributed by atoms with Gasteiger partial charge >= 0.3 is 5.97 Å². The summed E-state index contributed by atoms with van der Waals surface area (Å²) in [5.41, 5.74) is -0.686. The van der Waals surface area contributed by atoms with Crippen LogP contribution in [0.4, 0.5) is 8.78 Å². The molecule has 94 valence electrons. The summed E-state index contributed by atoms with van der Waals surface area (Å²) >= 11 is 0. The number of rotatable bonds is 4. The van der Waals surface area contributed by atoms with Crippen LogP contribution in [0, 0.1) is 0 Å². The van der Waals surface area contributed by atoms with E-state index in [-0.39, 0.29) is 17.7 Å². The number of aromatic nitrogens is 1. The third-order valence-electron chi connectivity index (χ3n) is 2.10. The van der Waals surface area contributed by atoms with Gasteiger partial charge in [-0.05, 0) is 0 Å². The second-order valence-corrected chi connectivity index (χ2v) is 3.09. The van der Waals surface area contributed by atoms with E-state index >= 15 is 0 Å². The van der Waals surface area contributed by atoms with Crippen molar-refractivity contribution in [2.45, 2.75) is 12.8 Å². The summed E-state index contributed by atoms with van der Waals surface area (Å²) in [6.07, 6.45) is -2.38. The lowest BCUT2D eigenvalue weighted by Crippen LogP contribution is -2.08. The summed E-state index contributed by atoms with van der Waals surface area (Å²) in [4.78, 5) is 14.5. The zero-order chi connectivity index (χ0) is 13.0. The first kappa shape index (κ1) is 13.1. The second-order valence-electron chi connectivity index (χ2n) is 3.09. The van der Waals surface area contributed by atoms with Crippen LogP contribution in [0.5, 0.6) is 11.5 Å². The van der Waals surface area contributed by atoms with Gasteiger partial charge in [-0.2, -0.15) is 0 Å². The average Bonchev–Trinajstić information content (AvgIpc) is 2.30. The van der Waals surface area contributed by atoms with Crippen LogP contribution in [0.25, 0.3) is 0 Å². The van der Waals surface area contributed by atoms with Crippen molar-refractivity contribution in [3.05, 3.63) is 17.5 Å². The van der Waals surface area contributed by atoms with Crippen LogP contribution >= 0.6 is 0 Å². The number of hydrogen-bond acceptors (Lipinski definition) is 5. The maximum absolute atomic E-state index is 12.6. The van der Waals surface area contributed by atoms with E-state index in [0.29, 0.717) is 0 Å². The van der Waals surface area contributed by atoms with Gasteiger partial charge in [0.2, 0.25) is 0 Å². The summed E-state index contributed by atoms with van der Waals surface area (Å²) in [7, 11) is 2.31. The molecule has 1 aromatic rings. The summed E-state index contributed by atoms with van der Waals surface area (Å²) in [5, 5.41) is 9.48. The van der Waals surface area contributed by atoms with Crippen molar-refractivity contribution in [1.29, 1.82) is 0 Å². The highest BCUT2D eigenvalue weighted by atomic mass is 19.3. The van der Waals surface area contributed by atoms with Crippen molar-refractivity contribution < 1.29 is 28.2 Å². The Morgan fingerprint density at radius 2 is 2.18 bits per heavy atom. The smallest absolute Gasteiger partial charge is 0.310 e. The molecule has 0 spiro atoms. The molecule has 7 heteroatoms. The fourth-order valence-electron chi connectivity index (χ4n) is 1.31. The van der Waals surface area contributed by atoms with Crippen LogP contribution in [0.1, 0.15) is 17.7 Å². The van der Waals surface area contributed by atoms with Crippen LogP contribution in [-0.4, -0.2) is 30.3 Å². The fourth-order valence-corrected chi connectivity index (χ4v) is 1.31. The lowest BCUT2D eigenvalue weighted by atomic mass is 10.1. The standard InChI is InChI=1S/C10H11F2NO4/c1-16-7(15)3-5-6(14)4-13-8(10(11)12)9(5)17-2/h4,10,14H,3H2,1-2H3. The number of ether oxygens (including phenoxy) is 2. The molecule has 1 rings (SSSR count). The molecule has 17 heavy (non-hydrogen) atoms. The normalized spacial score (nSPS) is 10.4. The van der Waals surface area contributed by atoms with Crippen molar-refractivity contribution in [2.75, 3.05) is 14.2 Å². The number of aromatic hydroxyl groups is 1. The Balaban J connectivity index is 3.25. The van der Waals surface area contributed by atoms with Crippen molar-refractivity contribution in [3.8, 4) is 11.5 Å². The molecule has 0 saturated carbocycles. The van der Waals surface area contributed by atoms with Crippen molar-refractivity contribution >= 4 is 5.97 Å². The Morgan fingerprint density at radius 3 is 2.65 bits per heavy atom. The predicted octanol–water partition coefficient (Wildman–Crippen LogP) is 1.45. The van der Waals surface area contributed by atoms with Crippen LogP contribution in [0.15, 0.2) is 6.20 Å². The minimum Gasteiger partial charge on any atom is -0.506 e. The summed E-state index contributed by atoms with van der Waals surface area (Å²) in [6, 6.07) is 0. The molecular formula is C10H11F2NO4. The van der Waals surface area contributed by atoms with E-state index in [1.54, 1.807) is 0 Å². The molecule has 1 aromatic heterocycles. The molecule has 0 aliphatic heterocycles. The number of pyridine rings is 1.